The molecule has 2 aromatic rings. The van der Waals surface area contributed by atoms with Crippen molar-refractivity contribution in [2.75, 3.05) is 6.61 Å². The molecule has 0 spiro atoms. The van der Waals surface area contributed by atoms with Gasteiger partial charge in [-0.05, 0) is 31.2 Å². The summed E-state index contributed by atoms with van der Waals surface area (Å²) in [4.78, 5) is 24.3. The number of aliphatic hydroxyl groups excluding tert-OH is 1. The van der Waals surface area contributed by atoms with Crippen LogP contribution >= 0.6 is 0 Å². The highest BCUT2D eigenvalue weighted by Crippen LogP contribution is 2.36. The average Bonchev–Trinajstić information content (AvgIpc) is 2.90. The minimum atomic E-state index is -2.35. The van der Waals surface area contributed by atoms with E-state index in [1.165, 1.54) is 12.1 Å². The number of alkyl halides is 1. The molecule has 0 amide bonds. The molecule has 1 N–H and O–H groups in total. The number of ether oxygens (including phenoxy) is 3. The Hall–Kier alpha value is -2.77. The first-order chi connectivity index (χ1) is 12.9. The molecule has 0 saturated carbocycles. The quantitative estimate of drug-likeness (QED) is 0.810. The topological polar surface area (TPSA) is 82.1 Å². The molecule has 3 rings (SSSR count). The fourth-order valence-corrected chi connectivity index (χ4v) is 2.76. The summed E-state index contributed by atoms with van der Waals surface area (Å²) < 4.78 is 30.4. The van der Waals surface area contributed by atoms with Crippen molar-refractivity contribution >= 4 is 11.9 Å². The van der Waals surface area contributed by atoms with E-state index in [1.54, 1.807) is 48.5 Å². The van der Waals surface area contributed by atoms with Crippen molar-refractivity contribution in [3.05, 3.63) is 71.8 Å². The van der Waals surface area contributed by atoms with Crippen LogP contribution in [0.4, 0.5) is 4.39 Å². The predicted octanol–water partition coefficient (Wildman–Crippen LogP) is 2.51. The van der Waals surface area contributed by atoms with Gasteiger partial charge in [0.15, 0.2) is 18.1 Å². The fraction of sp³-hybridized carbons (Fsp3) is 0.300. The van der Waals surface area contributed by atoms with Crippen LogP contribution in [0.2, 0.25) is 0 Å². The van der Waals surface area contributed by atoms with Gasteiger partial charge < -0.3 is 19.3 Å². The summed E-state index contributed by atoms with van der Waals surface area (Å²) in [7, 11) is 0. The summed E-state index contributed by atoms with van der Waals surface area (Å²) >= 11 is 0. The first kappa shape index (κ1) is 19.0. The molecule has 142 valence electrons. The van der Waals surface area contributed by atoms with E-state index in [0.29, 0.717) is 5.56 Å². The number of carbonyl (C=O) groups is 2. The van der Waals surface area contributed by atoms with E-state index in [0.717, 1.165) is 6.92 Å². The molecule has 6 nitrogen and oxygen atoms in total. The first-order valence-corrected chi connectivity index (χ1v) is 8.40. The Balaban J connectivity index is 1.69. The van der Waals surface area contributed by atoms with E-state index in [2.05, 4.69) is 0 Å². The maximum atomic E-state index is 14.8. The average molecular weight is 374 g/mol. The molecule has 0 aromatic heterocycles. The Labute approximate surface area is 155 Å². The molecule has 0 aliphatic carbocycles. The van der Waals surface area contributed by atoms with E-state index < -0.39 is 36.1 Å². The lowest BCUT2D eigenvalue weighted by molar-refractivity contribution is -0.144. The molecule has 4 atom stereocenters. The van der Waals surface area contributed by atoms with Crippen molar-refractivity contribution in [1.29, 1.82) is 0 Å². The number of halogens is 1. The van der Waals surface area contributed by atoms with Gasteiger partial charge in [0, 0.05) is 0 Å². The molecule has 1 saturated heterocycles. The second-order valence-electron chi connectivity index (χ2n) is 6.33. The molecule has 27 heavy (non-hydrogen) atoms. The largest absolute Gasteiger partial charge is 0.459 e. The highest BCUT2D eigenvalue weighted by molar-refractivity contribution is 5.90. The molecular formula is C20H19FO6. The zero-order valence-corrected chi connectivity index (χ0v) is 14.6. The SMILES string of the molecule is C[C@@]1(F)C(O)OC(COC(=O)c2ccccc2)C1OC(=O)c1ccccc1. The molecule has 0 bridgehead atoms. The summed E-state index contributed by atoms with van der Waals surface area (Å²) in [5.74, 6) is -1.39. The van der Waals surface area contributed by atoms with E-state index in [9.17, 15) is 19.1 Å². The van der Waals surface area contributed by atoms with Crippen molar-refractivity contribution in [3.63, 3.8) is 0 Å². The van der Waals surface area contributed by atoms with Gasteiger partial charge in [0.2, 0.25) is 0 Å². The number of benzene rings is 2. The predicted molar refractivity (Wildman–Crippen MR) is 92.8 cm³/mol. The van der Waals surface area contributed by atoms with Crippen molar-refractivity contribution in [2.24, 2.45) is 0 Å². The summed E-state index contributed by atoms with van der Waals surface area (Å²) in [5.41, 5.74) is -1.81. The monoisotopic (exact) mass is 374 g/mol. The standard InChI is InChI=1S/C20H19FO6/c1-20(21)16(27-18(23)14-10-6-3-7-11-14)15(26-19(20)24)12-25-17(22)13-8-4-2-5-9-13/h2-11,15-16,19,24H,12H2,1H3/t15?,16?,19?,20-/m0/s1. The second-order valence-corrected chi connectivity index (χ2v) is 6.33. The van der Waals surface area contributed by atoms with Crippen LogP contribution in [0.1, 0.15) is 27.6 Å². The number of hydrogen-bond acceptors (Lipinski definition) is 6. The maximum absolute atomic E-state index is 14.8. The van der Waals surface area contributed by atoms with E-state index in [-0.39, 0.29) is 12.2 Å². The van der Waals surface area contributed by atoms with Crippen LogP contribution < -0.4 is 0 Å². The second kappa shape index (κ2) is 7.85. The van der Waals surface area contributed by atoms with Gasteiger partial charge in [-0.15, -0.1) is 0 Å². The molecule has 2 aromatic carbocycles. The number of esters is 2. The number of rotatable bonds is 5. The molecule has 1 aliphatic rings. The van der Waals surface area contributed by atoms with Gasteiger partial charge in [-0.3, -0.25) is 0 Å². The summed E-state index contributed by atoms with van der Waals surface area (Å²) in [6, 6.07) is 16.3. The maximum Gasteiger partial charge on any atom is 0.338 e. The molecule has 3 unspecified atom stereocenters. The van der Waals surface area contributed by atoms with Gasteiger partial charge in [0.25, 0.3) is 0 Å². The van der Waals surface area contributed by atoms with Gasteiger partial charge >= 0.3 is 11.9 Å². The van der Waals surface area contributed by atoms with Crippen LogP contribution in [0.3, 0.4) is 0 Å². The highest BCUT2D eigenvalue weighted by atomic mass is 19.1. The van der Waals surface area contributed by atoms with Crippen LogP contribution in [0.5, 0.6) is 0 Å². The van der Waals surface area contributed by atoms with Crippen LogP contribution in [0.15, 0.2) is 60.7 Å². The van der Waals surface area contributed by atoms with Crippen molar-refractivity contribution in [3.8, 4) is 0 Å². The molecular weight excluding hydrogens is 355 g/mol. The Morgan fingerprint density at radius 1 is 1.04 bits per heavy atom. The van der Waals surface area contributed by atoms with Gasteiger partial charge in [0.1, 0.15) is 12.7 Å². The number of aliphatic hydroxyl groups is 1. The van der Waals surface area contributed by atoms with Gasteiger partial charge in [-0.1, -0.05) is 36.4 Å². The van der Waals surface area contributed by atoms with Crippen LogP contribution in [0.25, 0.3) is 0 Å². The summed E-state index contributed by atoms with van der Waals surface area (Å²) in [6.07, 6.45) is -4.40. The van der Waals surface area contributed by atoms with Crippen molar-refractivity contribution < 1.29 is 33.3 Å². The highest BCUT2D eigenvalue weighted by Gasteiger charge is 2.57. The van der Waals surface area contributed by atoms with Crippen LogP contribution in [-0.4, -0.2) is 47.8 Å². The minimum Gasteiger partial charge on any atom is -0.459 e. The Morgan fingerprint density at radius 3 is 2.11 bits per heavy atom. The van der Waals surface area contributed by atoms with Crippen LogP contribution in [0, 0.1) is 0 Å². The van der Waals surface area contributed by atoms with Crippen molar-refractivity contribution in [2.45, 2.75) is 31.1 Å². The lowest BCUT2D eigenvalue weighted by Gasteiger charge is -2.25. The number of carbonyl (C=O) groups excluding carboxylic acids is 2. The molecule has 7 heteroatoms. The zero-order chi connectivity index (χ0) is 19.4. The van der Waals surface area contributed by atoms with Gasteiger partial charge in [-0.2, -0.15) is 0 Å². The fourth-order valence-electron chi connectivity index (χ4n) is 2.76. The van der Waals surface area contributed by atoms with Crippen LogP contribution in [-0.2, 0) is 14.2 Å². The lowest BCUT2D eigenvalue weighted by Crippen LogP contribution is -2.45. The molecule has 1 aliphatic heterocycles. The van der Waals surface area contributed by atoms with E-state index in [1.807, 2.05) is 0 Å². The molecule has 0 radical (unpaired) electrons. The normalized spacial score (nSPS) is 27.1. The zero-order valence-electron chi connectivity index (χ0n) is 14.6. The minimum absolute atomic E-state index is 0.231. The summed E-state index contributed by atoms with van der Waals surface area (Å²) in [6.45, 7) is 0.691. The smallest absolute Gasteiger partial charge is 0.338 e. The summed E-state index contributed by atoms with van der Waals surface area (Å²) in [5, 5.41) is 9.83. The Morgan fingerprint density at radius 2 is 1.56 bits per heavy atom. The Bertz CT molecular complexity index is 793. The van der Waals surface area contributed by atoms with Gasteiger partial charge in [-0.25, -0.2) is 14.0 Å². The first-order valence-electron chi connectivity index (χ1n) is 8.40. The van der Waals surface area contributed by atoms with Crippen molar-refractivity contribution in [1.82, 2.24) is 0 Å². The van der Waals surface area contributed by atoms with E-state index in [4.69, 9.17) is 14.2 Å². The number of hydrogen-bond donors (Lipinski definition) is 1. The lowest BCUT2D eigenvalue weighted by atomic mass is 9.99. The Kier molecular flexibility index (Phi) is 5.53. The third-order valence-corrected chi connectivity index (χ3v) is 4.31. The molecule has 1 heterocycles. The third-order valence-electron chi connectivity index (χ3n) is 4.31. The molecule has 1 fully saturated rings. The third kappa shape index (κ3) is 4.15. The van der Waals surface area contributed by atoms with E-state index >= 15 is 0 Å². The van der Waals surface area contributed by atoms with Gasteiger partial charge in [0.05, 0.1) is 11.1 Å².